The van der Waals surface area contributed by atoms with Crippen molar-refractivity contribution in [1.29, 1.82) is 0 Å². The smallest absolute Gasteiger partial charge is 0.234 e. The summed E-state index contributed by atoms with van der Waals surface area (Å²) in [7, 11) is 0. The van der Waals surface area contributed by atoms with Crippen LogP contribution in [-0.4, -0.2) is 10.9 Å². The average Bonchev–Trinajstić information content (AvgIpc) is 2.29. The Morgan fingerprint density at radius 3 is 2.67 bits per heavy atom. The number of nitrogens with one attached hydrogen (secondary N) is 1. The number of anilines is 1. The maximum atomic E-state index is 12.0. The molecule has 0 heterocycles. The predicted octanol–water partition coefficient (Wildman–Crippen LogP) is 3.63. The molecule has 0 fully saturated rings. The molecule has 1 rings (SSSR count). The van der Waals surface area contributed by atoms with Crippen LogP contribution in [0.5, 0.6) is 0 Å². The van der Waals surface area contributed by atoms with Crippen LogP contribution in [0.1, 0.15) is 19.8 Å². The lowest BCUT2D eigenvalue weighted by Crippen LogP contribution is -2.33. The predicted molar refractivity (Wildman–Crippen MR) is 80.3 cm³/mol. The van der Waals surface area contributed by atoms with E-state index in [2.05, 4.69) is 5.32 Å². The summed E-state index contributed by atoms with van der Waals surface area (Å²) in [6, 6.07) is 4.86. The first kappa shape index (κ1) is 15.2. The van der Waals surface area contributed by atoms with Gasteiger partial charge in [-0.3, -0.25) is 4.79 Å². The highest BCUT2D eigenvalue weighted by molar-refractivity contribution is 7.80. The Morgan fingerprint density at radius 2 is 2.17 bits per heavy atom. The molecule has 0 saturated carbocycles. The van der Waals surface area contributed by atoms with Gasteiger partial charge in [-0.05, 0) is 24.6 Å². The molecule has 1 amide bonds. The molecule has 0 spiro atoms. The molecule has 1 aromatic carbocycles. The van der Waals surface area contributed by atoms with E-state index in [0.29, 0.717) is 22.2 Å². The molecule has 18 heavy (non-hydrogen) atoms. The summed E-state index contributed by atoms with van der Waals surface area (Å²) in [5.74, 6) is -0.717. The first-order valence-corrected chi connectivity index (χ1v) is 6.67. The van der Waals surface area contributed by atoms with Crippen molar-refractivity contribution in [2.24, 2.45) is 11.7 Å². The van der Waals surface area contributed by atoms with Gasteiger partial charge in [0.25, 0.3) is 0 Å². The van der Waals surface area contributed by atoms with E-state index >= 15 is 0 Å². The van der Waals surface area contributed by atoms with Gasteiger partial charge in [-0.15, -0.1) is 0 Å². The van der Waals surface area contributed by atoms with Gasteiger partial charge in [0.05, 0.1) is 21.6 Å². The van der Waals surface area contributed by atoms with Crippen molar-refractivity contribution < 1.29 is 4.79 Å². The van der Waals surface area contributed by atoms with E-state index in [0.717, 1.165) is 6.42 Å². The molecule has 3 N–H and O–H groups in total. The zero-order chi connectivity index (χ0) is 13.7. The topological polar surface area (TPSA) is 55.1 Å². The van der Waals surface area contributed by atoms with Crippen LogP contribution in [0.4, 0.5) is 5.69 Å². The number of carbonyl (C=O) groups excluding carboxylic acids is 1. The molecule has 98 valence electrons. The van der Waals surface area contributed by atoms with Gasteiger partial charge in [-0.1, -0.05) is 48.8 Å². The Morgan fingerprint density at radius 1 is 1.50 bits per heavy atom. The summed E-state index contributed by atoms with van der Waals surface area (Å²) < 4.78 is 0. The standard InChI is InChI=1S/C12H14Cl2N2OS/c1-2-3-8(11(15)18)12(17)16-10-5-4-7(13)6-9(10)14/h4-6,8H,2-3H2,1H3,(H2,15,18)(H,16,17). The second-order valence-corrected chi connectivity index (χ2v) is 5.17. The summed E-state index contributed by atoms with van der Waals surface area (Å²) >= 11 is 16.6. The Balaban J connectivity index is 2.82. The molecule has 0 aliphatic rings. The summed E-state index contributed by atoms with van der Waals surface area (Å²) in [6.45, 7) is 1.97. The first-order valence-electron chi connectivity index (χ1n) is 5.51. The number of thiocarbonyl (C=S) groups is 1. The largest absolute Gasteiger partial charge is 0.393 e. The van der Waals surface area contributed by atoms with Crippen molar-refractivity contribution in [2.75, 3.05) is 5.32 Å². The SMILES string of the molecule is CCCC(C(=O)Nc1ccc(Cl)cc1Cl)C(N)=S. The van der Waals surface area contributed by atoms with Crippen molar-refractivity contribution in [2.45, 2.75) is 19.8 Å². The highest BCUT2D eigenvalue weighted by Crippen LogP contribution is 2.26. The van der Waals surface area contributed by atoms with Gasteiger partial charge in [0.2, 0.25) is 5.91 Å². The second kappa shape index (κ2) is 6.92. The number of halogens is 2. The van der Waals surface area contributed by atoms with Crippen LogP contribution in [0.2, 0.25) is 10.0 Å². The van der Waals surface area contributed by atoms with Gasteiger partial charge in [0, 0.05) is 5.02 Å². The molecule has 0 saturated heterocycles. The van der Waals surface area contributed by atoms with E-state index in [1.807, 2.05) is 6.92 Å². The van der Waals surface area contributed by atoms with Gasteiger partial charge in [0.15, 0.2) is 0 Å². The highest BCUT2D eigenvalue weighted by Gasteiger charge is 2.21. The molecular formula is C12H14Cl2N2OS. The Bertz CT molecular complexity index is 465. The number of carbonyl (C=O) groups is 1. The number of nitrogens with two attached hydrogens (primary N) is 1. The van der Waals surface area contributed by atoms with Crippen LogP contribution >= 0.6 is 35.4 Å². The van der Waals surface area contributed by atoms with E-state index in [1.54, 1.807) is 18.2 Å². The van der Waals surface area contributed by atoms with E-state index in [1.165, 1.54) is 0 Å². The van der Waals surface area contributed by atoms with E-state index < -0.39 is 5.92 Å². The maximum absolute atomic E-state index is 12.0. The Hall–Kier alpha value is -0.840. The zero-order valence-electron chi connectivity index (χ0n) is 9.87. The van der Waals surface area contributed by atoms with Gasteiger partial charge in [-0.2, -0.15) is 0 Å². The lowest BCUT2D eigenvalue weighted by molar-refractivity contribution is -0.118. The highest BCUT2D eigenvalue weighted by atomic mass is 35.5. The summed E-state index contributed by atoms with van der Waals surface area (Å²) in [5, 5.41) is 3.60. The fourth-order valence-corrected chi connectivity index (χ4v) is 2.18. The number of hydrogen-bond acceptors (Lipinski definition) is 2. The van der Waals surface area contributed by atoms with Gasteiger partial charge in [0.1, 0.15) is 0 Å². The van der Waals surface area contributed by atoms with Crippen LogP contribution in [0.3, 0.4) is 0 Å². The molecule has 0 bridgehead atoms. The molecule has 0 aliphatic carbocycles. The van der Waals surface area contributed by atoms with Crippen LogP contribution in [0.15, 0.2) is 18.2 Å². The molecule has 1 unspecified atom stereocenters. The quantitative estimate of drug-likeness (QED) is 0.817. The Kier molecular flexibility index (Phi) is 5.85. The summed E-state index contributed by atoms with van der Waals surface area (Å²) in [5.41, 5.74) is 6.06. The molecule has 1 aromatic rings. The molecule has 0 aliphatic heterocycles. The molecule has 3 nitrogen and oxygen atoms in total. The molecule has 0 radical (unpaired) electrons. The molecular weight excluding hydrogens is 291 g/mol. The van der Waals surface area contributed by atoms with Gasteiger partial charge < -0.3 is 11.1 Å². The van der Waals surface area contributed by atoms with Gasteiger partial charge >= 0.3 is 0 Å². The minimum atomic E-state index is -0.475. The normalized spacial score (nSPS) is 11.9. The van der Waals surface area contributed by atoms with Gasteiger partial charge in [-0.25, -0.2) is 0 Å². The minimum Gasteiger partial charge on any atom is -0.393 e. The summed E-state index contributed by atoms with van der Waals surface area (Å²) in [6.07, 6.45) is 1.44. The monoisotopic (exact) mass is 304 g/mol. The molecule has 1 atom stereocenters. The number of amides is 1. The number of hydrogen-bond donors (Lipinski definition) is 2. The minimum absolute atomic E-state index is 0.194. The summed E-state index contributed by atoms with van der Waals surface area (Å²) in [4.78, 5) is 12.2. The van der Waals surface area contributed by atoms with Crippen molar-refractivity contribution >= 4 is 52.0 Å². The van der Waals surface area contributed by atoms with Crippen molar-refractivity contribution in [1.82, 2.24) is 0 Å². The van der Waals surface area contributed by atoms with Crippen LogP contribution in [0, 0.1) is 5.92 Å². The average molecular weight is 305 g/mol. The molecule has 0 aromatic heterocycles. The third kappa shape index (κ3) is 4.12. The lowest BCUT2D eigenvalue weighted by Gasteiger charge is -2.15. The number of benzene rings is 1. The van der Waals surface area contributed by atoms with Crippen LogP contribution in [-0.2, 0) is 4.79 Å². The Labute approximate surface area is 122 Å². The zero-order valence-corrected chi connectivity index (χ0v) is 12.2. The fraction of sp³-hybridized carbons (Fsp3) is 0.333. The number of rotatable bonds is 5. The van der Waals surface area contributed by atoms with Crippen LogP contribution in [0.25, 0.3) is 0 Å². The lowest BCUT2D eigenvalue weighted by atomic mass is 10.0. The van der Waals surface area contributed by atoms with Crippen molar-refractivity contribution in [3.05, 3.63) is 28.2 Å². The van der Waals surface area contributed by atoms with E-state index in [4.69, 9.17) is 41.2 Å². The van der Waals surface area contributed by atoms with Crippen molar-refractivity contribution in [3.63, 3.8) is 0 Å². The maximum Gasteiger partial charge on any atom is 0.234 e. The third-order valence-corrected chi connectivity index (χ3v) is 3.26. The van der Waals surface area contributed by atoms with Crippen molar-refractivity contribution in [3.8, 4) is 0 Å². The second-order valence-electron chi connectivity index (χ2n) is 3.86. The molecule has 6 heteroatoms. The third-order valence-electron chi connectivity index (χ3n) is 2.43. The first-order chi connectivity index (χ1) is 8.45. The fourth-order valence-electron chi connectivity index (χ4n) is 1.50. The van der Waals surface area contributed by atoms with E-state index in [9.17, 15) is 4.79 Å². The van der Waals surface area contributed by atoms with E-state index in [-0.39, 0.29) is 10.9 Å². The van der Waals surface area contributed by atoms with Crippen LogP contribution < -0.4 is 11.1 Å².